The number of carbonyl (C=O) groups is 2. The van der Waals surface area contributed by atoms with Crippen LogP contribution in [0, 0.1) is 0 Å². The Balaban J connectivity index is 2.44. The first-order chi connectivity index (χ1) is 9.02. The van der Waals surface area contributed by atoms with Crippen molar-refractivity contribution in [1.29, 1.82) is 0 Å². The highest BCUT2D eigenvalue weighted by molar-refractivity contribution is 5.83. The van der Waals surface area contributed by atoms with Crippen molar-refractivity contribution in [3.63, 3.8) is 0 Å². The van der Waals surface area contributed by atoms with Crippen molar-refractivity contribution in [3.8, 4) is 0 Å². The summed E-state index contributed by atoms with van der Waals surface area (Å²) >= 11 is 0. The van der Waals surface area contributed by atoms with E-state index in [1.807, 2.05) is 12.1 Å². The first-order valence-corrected chi connectivity index (χ1v) is 6.00. The Hall–Kier alpha value is -2.30. The maximum atomic E-state index is 11.6. The van der Waals surface area contributed by atoms with Crippen LogP contribution in [0.2, 0.25) is 0 Å². The molecule has 0 saturated heterocycles. The smallest absolute Gasteiger partial charge is 0.326 e. The van der Waals surface area contributed by atoms with Gasteiger partial charge in [-0.1, -0.05) is 18.2 Å². The quantitative estimate of drug-likeness (QED) is 0.511. The van der Waals surface area contributed by atoms with Crippen LogP contribution in [-0.4, -0.2) is 23.0 Å². The molecule has 0 aliphatic carbocycles. The summed E-state index contributed by atoms with van der Waals surface area (Å²) in [6.45, 7) is 3.47. The van der Waals surface area contributed by atoms with E-state index in [-0.39, 0.29) is 18.7 Å². The first-order valence-electron chi connectivity index (χ1n) is 6.00. The predicted octanol–water partition coefficient (Wildman–Crippen LogP) is 1.35. The number of rotatable bonds is 7. The van der Waals surface area contributed by atoms with E-state index in [0.29, 0.717) is 12.1 Å². The van der Waals surface area contributed by atoms with Gasteiger partial charge in [0, 0.05) is 12.1 Å². The fourth-order valence-electron chi connectivity index (χ4n) is 1.60. The molecule has 0 spiro atoms. The average Bonchev–Trinajstić information content (AvgIpc) is 2.37. The Kier molecular flexibility index (Phi) is 5.60. The summed E-state index contributed by atoms with van der Waals surface area (Å²) in [5.41, 5.74) is 7.22. The number of nitrogen functional groups attached to an aromatic ring is 1. The van der Waals surface area contributed by atoms with E-state index >= 15 is 0 Å². The number of aliphatic carboxylic acids is 1. The molecule has 1 atom stereocenters. The molecule has 0 aliphatic heterocycles. The molecular weight excluding hydrogens is 244 g/mol. The maximum Gasteiger partial charge on any atom is 0.326 e. The molecule has 5 heteroatoms. The largest absolute Gasteiger partial charge is 0.480 e. The summed E-state index contributed by atoms with van der Waals surface area (Å²) in [4.78, 5) is 22.5. The van der Waals surface area contributed by atoms with Crippen LogP contribution in [-0.2, 0) is 16.0 Å². The van der Waals surface area contributed by atoms with Crippen LogP contribution in [0.3, 0.4) is 0 Å². The second-order valence-corrected chi connectivity index (χ2v) is 4.22. The summed E-state index contributed by atoms with van der Waals surface area (Å²) in [5, 5.41) is 11.4. The molecule has 0 bridgehead atoms. The number of anilines is 1. The molecule has 5 nitrogen and oxygen atoms in total. The van der Waals surface area contributed by atoms with Crippen molar-refractivity contribution < 1.29 is 14.7 Å². The van der Waals surface area contributed by atoms with Gasteiger partial charge in [-0.2, -0.15) is 0 Å². The van der Waals surface area contributed by atoms with Gasteiger partial charge in [0.25, 0.3) is 0 Å². The minimum atomic E-state index is -1.05. The number of hydrogen-bond donors (Lipinski definition) is 3. The molecule has 0 fully saturated rings. The molecule has 0 aliphatic rings. The molecule has 0 aromatic heterocycles. The van der Waals surface area contributed by atoms with Crippen LogP contribution in [0.25, 0.3) is 0 Å². The number of carbonyl (C=O) groups excluding carboxylic acids is 1. The fourth-order valence-corrected chi connectivity index (χ4v) is 1.60. The zero-order valence-electron chi connectivity index (χ0n) is 10.6. The third-order valence-corrected chi connectivity index (χ3v) is 2.66. The molecule has 0 heterocycles. The van der Waals surface area contributed by atoms with Gasteiger partial charge in [0.2, 0.25) is 5.91 Å². The Morgan fingerprint density at radius 3 is 2.53 bits per heavy atom. The minimum Gasteiger partial charge on any atom is -0.480 e. The highest BCUT2D eigenvalue weighted by atomic mass is 16.4. The van der Waals surface area contributed by atoms with Gasteiger partial charge >= 0.3 is 5.97 Å². The monoisotopic (exact) mass is 262 g/mol. The number of aryl methyl sites for hydroxylation is 1. The number of carboxylic acids is 1. The number of carboxylic acid groups (broad SMARTS) is 1. The van der Waals surface area contributed by atoms with Crippen molar-refractivity contribution in [3.05, 3.63) is 42.5 Å². The number of nitrogens with two attached hydrogens (primary N) is 1. The molecule has 0 saturated carbocycles. The lowest BCUT2D eigenvalue weighted by atomic mass is 10.1. The second-order valence-electron chi connectivity index (χ2n) is 4.22. The first kappa shape index (κ1) is 14.8. The summed E-state index contributed by atoms with van der Waals surface area (Å²) in [6, 6.07) is 6.33. The molecule has 1 amide bonds. The molecule has 102 valence electrons. The molecule has 0 radical (unpaired) electrons. The minimum absolute atomic E-state index is 0.211. The lowest BCUT2D eigenvalue weighted by Crippen LogP contribution is -2.40. The van der Waals surface area contributed by atoms with Gasteiger partial charge in [-0.05, 0) is 30.5 Å². The van der Waals surface area contributed by atoms with Gasteiger partial charge in [-0.3, -0.25) is 4.79 Å². The number of benzene rings is 1. The third-order valence-electron chi connectivity index (χ3n) is 2.66. The topological polar surface area (TPSA) is 92.4 Å². The van der Waals surface area contributed by atoms with E-state index in [4.69, 9.17) is 10.8 Å². The standard InChI is InChI=1S/C14H18N2O3/c1-2-3-12(14(18)19)16-13(17)9-6-10-4-7-11(15)8-5-10/h2,4-5,7-8,12H,1,3,6,9,15H2,(H,16,17)(H,18,19). The van der Waals surface area contributed by atoms with Crippen LogP contribution in [0.4, 0.5) is 5.69 Å². The Labute approximate surface area is 112 Å². The predicted molar refractivity (Wildman–Crippen MR) is 73.6 cm³/mol. The van der Waals surface area contributed by atoms with Gasteiger partial charge < -0.3 is 16.2 Å². The Morgan fingerprint density at radius 2 is 2.00 bits per heavy atom. The van der Waals surface area contributed by atoms with Crippen LogP contribution < -0.4 is 11.1 Å². The Morgan fingerprint density at radius 1 is 1.37 bits per heavy atom. The van der Waals surface area contributed by atoms with Crippen LogP contribution >= 0.6 is 0 Å². The van der Waals surface area contributed by atoms with Crippen LogP contribution in [0.5, 0.6) is 0 Å². The lowest BCUT2D eigenvalue weighted by Gasteiger charge is -2.12. The lowest BCUT2D eigenvalue weighted by molar-refractivity contribution is -0.141. The zero-order chi connectivity index (χ0) is 14.3. The number of amides is 1. The maximum absolute atomic E-state index is 11.6. The molecular formula is C14H18N2O3. The molecule has 1 aromatic carbocycles. The highest BCUT2D eigenvalue weighted by Gasteiger charge is 2.17. The van der Waals surface area contributed by atoms with Gasteiger partial charge in [0.1, 0.15) is 6.04 Å². The summed E-state index contributed by atoms with van der Waals surface area (Å²) in [5.74, 6) is -1.34. The fraction of sp³-hybridized carbons (Fsp3) is 0.286. The normalized spacial score (nSPS) is 11.6. The molecule has 1 aromatic rings. The van der Waals surface area contributed by atoms with E-state index in [1.165, 1.54) is 6.08 Å². The van der Waals surface area contributed by atoms with E-state index in [1.54, 1.807) is 12.1 Å². The molecule has 1 rings (SSSR count). The summed E-state index contributed by atoms with van der Waals surface area (Å²) in [7, 11) is 0. The van der Waals surface area contributed by atoms with Crippen molar-refractivity contribution in [1.82, 2.24) is 5.32 Å². The second kappa shape index (κ2) is 7.20. The molecule has 4 N–H and O–H groups in total. The van der Waals surface area contributed by atoms with Crippen molar-refractivity contribution in [2.45, 2.75) is 25.3 Å². The Bertz CT molecular complexity index is 454. The molecule has 19 heavy (non-hydrogen) atoms. The van der Waals surface area contributed by atoms with E-state index in [2.05, 4.69) is 11.9 Å². The van der Waals surface area contributed by atoms with Gasteiger partial charge in [0.15, 0.2) is 0 Å². The van der Waals surface area contributed by atoms with Gasteiger partial charge in [-0.25, -0.2) is 4.79 Å². The average molecular weight is 262 g/mol. The van der Waals surface area contributed by atoms with Gasteiger partial charge in [0.05, 0.1) is 0 Å². The van der Waals surface area contributed by atoms with Crippen molar-refractivity contribution in [2.24, 2.45) is 0 Å². The molecule has 1 unspecified atom stereocenters. The number of nitrogens with one attached hydrogen (secondary N) is 1. The summed E-state index contributed by atoms with van der Waals surface area (Å²) < 4.78 is 0. The SMILES string of the molecule is C=CCC(NC(=O)CCc1ccc(N)cc1)C(=O)O. The van der Waals surface area contributed by atoms with Crippen LogP contribution in [0.15, 0.2) is 36.9 Å². The highest BCUT2D eigenvalue weighted by Crippen LogP contribution is 2.07. The van der Waals surface area contributed by atoms with E-state index in [0.717, 1.165) is 5.56 Å². The summed E-state index contributed by atoms with van der Waals surface area (Å²) in [6.07, 6.45) is 2.47. The van der Waals surface area contributed by atoms with E-state index < -0.39 is 12.0 Å². The van der Waals surface area contributed by atoms with Crippen LogP contribution in [0.1, 0.15) is 18.4 Å². The van der Waals surface area contributed by atoms with Gasteiger partial charge in [-0.15, -0.1) is 6.58 Å². The zero-order valence-corrected chi connectivity index (χ0v) is 10.6. The van der Waals surface area contributed by atoms with Crippen molar-refractivity contribution in [2.75, 3.05) is 5.73 Å². The van der Waals surface area contributed by atoms with E-state index in [9.17, 15) is 9.59 Å². The number of hydrogen-bond acceptors (Lipinski definition) is 3. The third kappa shape index (κ3) is 5.25. The van der Waals surface area contributed by atoms with Crippen molar-refractivity contribution >= 4 is 17.6 Å².